The standard InChI is InChI=1S/C18H23NO2/c1-13(2)14-7-9-15(10-8-14)18(19)12-21-17-6-4-5-16(11-17)20-3/h4-11,13,18H,12,19H2,1-3H3. The second-order valence-corrected chi connectivity index (χ2v) is 5.42. The fourth-order valence-corrected chi connectivity index (χ4v) is 2.10. The van der Waals surface area contributed by atoms with Crippen LogP contribution in [0.4, 0.5) is 0 Å². The molecule has 0 aliphatic carbocycles. The molecule has 112 valence electrons. The highest BCUT2D eigenvalue weighted by atomic mass is 16.5. The first kappa shape index (κ1) is 15.4. The Labute approximate surface area is 126 Å². The Morgan fingerprint density at radius 1 is 0.952 bits per heavy atom. The first-order chi connectivity index (χ1) is 10.1. The van der Waals surface area contributed by atoms with Crippen molar-refractivity contribution in [2.75, 3.05) is 13.7 Å². The molecule has 2 N–H and O–H groups in total. The molecule has 0 spiro atoms. The Kier molecular flexibility index (Phi) is 5.23. The zero-order chi connectivity index (χ0) is 15.2. The summed E-state index contributed by atoms with van der Waals surface area (Å²) in [7, 11) is 1.64. The summed E-state index contributed by atoms with van der Waals surface area (Å²) in [6.07, 6.45) is 0. The van der Waals surface area contributed by atoms with E-state index in [-0.39, 0.29) is 6.04 Å². The molecule has 3 nitrogen and oxygen atoms in total. The van der Waals surface area contributed by atoms with Gasteiger partial charge in [0.15, 0.2) is 0 Å². The molecule has 0 radical (unpaired) electrons. The number of ether oxygens (including phenoxy) is 2. The Hall–Kier alpha value is -2.00. The van der Waals surface area contributed by atoms with Crippen LogP contribution in [0, 0.1) is 0 Å². The van der Waals surface area contributed by atoms with Crippen molar-refractivity contribution in [3.8, 4) is 11.5 Å². The minimum atomic E-state index is -0.141. The molecular weight excluding hydrogens is 262 g/mol. The first-order valence-corrected chi connectivity index (χ1v) is 7.22. The lowest BCUT2D eigenvalue weighted by Crippen LogP contribution is -2.19. The van der Waals surface area contributed by atoms with Gasteiger partial charge in [-0.25, -0.2) is 0 Å². The molecule has 0 saturated heterocycles. The molecule has 2 aromatic rings. The number of nitrogens with two attached hydrogens (primary N) is 1. The number of rotatable bonds is 6. The van der Waals surface area contributed by atoms with Gasteiger partial charge in [0.05, 0.1) is 13.2 Å². The summed E-state index contributed by atoms with van der Waals surface area (Å²) < 4.78 is 10.9. The summed E-state index contributed by atoms with van der Waals surface area (Å²) in [5.41, 5.74) is 8.59. The van der Waals surface area contributed by atoms with Crippen molar-refractivity contribution in [2.45, 2.75) is 25.8 Å². The summed E-state index contributed by atoms with van der Waals surface area (Å²) in [6.45, 7) is 4.80. The third kappa shape index (κ3) is 4.23. The lowest BCUT2D eigenvalue weighted by atomic mass is 10.00. The van der Waals surface area contributed by atoms with Crippen LogP contribution in [0.2, 0.25) is 0 Å². The summed E-state index contributed by atoms with van der Waals surface area (Å²) in [5, 5.41) is 0. The van der Waals surface area contributed by atoms with Crippen LogP contribution in [0.1, 0.15) is 36.9 Å². The zero-order valence-corrected chi connectivity index (χ0v) is 12.9. The fraction of sp³-hybridized carbons (Fsp3) is 0.333. The number of methoxy groups -OCH3 is 1. The van der Waals surface area contributed by atoms with Crippen molar-refractivity contribution < 1.29 is 9.47 Å². The van der Waals surface area contributed by atoms with E-state index < -0.39 is 0 Å². The van der Waals surface area contributed by atoms with Crippen molar-refractivity contribution in [2.24, 2.45) is 5.73 Å². The van der Waals surface area contributed by atoms with Crippen LogP contribution in [-0.4, -0.2) is 13.7 Å². The molecule has 0 heterocycles. The van der Waals surface area contributed by atoms with E-state index in [9.17, 15) is 0 Å². The van der Waals surface area contributed by atoms with Gasteiger partial charge < -0.3 is 15.2 Å². The van der Waals surface area contributed by atoms with Crippen LogP contribution < -0.4 is 15.2 Å². The maximum absolute atomic E-state index is 6.18. The van der Waals surface area contributed by atoms with Gasteiger partial charge in [-0.15, -0.1) is 0 Å². The molecule has 1 atom stereocenters. The van der Waals surface area contributed by atoms with E-state index in [0.717, 1.165) is 17.1 Å². The Bertz CT molecular complexity index is 564. The smallest absolute Gasteiger partial charge is 0.123 e. The lowest BCUT2D eigenvalue weighted by Gasteiger charge is -2.15. The third-order valence-corrected chi connectivity index (χ3v) is 3.50. The molecule has 0 aliphatic heterocycles. The number of benzene rings is 2. The molecule has 0 saturated carbocycles. The molecule has 0 aromatic heterocycles. The van der Waals surface area contributed by atoms with Crippen molar-refractivity contribution >= 4 is 0 Å². The average molecular weight is 285 g/mol. The number of hydrogen-bond donors (Lipinski definition) is 1. The van der Waals surface area contributed by atoms with Gasteiger partial charge in [-0.1, -0.05) is 44.2 Å². The summed E-state index contributed by atoms with van der Waals surface area (Å²) in [4.78, 5) is 0. The molecule has 0 amide bonds. The van der Waals surface area contributed by atoms with Gasteiger partial charge in [-0.3, -0.25) is 0 Å². The van der Waals surface area contributed by atoms with E-state index in [2.05, 4.69) is 38.1 Å². The van der Waals surface area contributed by atoms with Gasteiger partial charge in [0.25, 0.3) is 0 Å². The largest absolute Gasteiger partial charge is 0.497 e. The predicted molar refractivity (Wildman–Crippen MR) is 85.9 cm³/mol. The van der Waals surface area contributed by atoms with Gasteiger partial charge in [0, 0.05) is 6.07 Å². The fourth-order valence-electron chi connectivity index (χ4n) is 2.10. The molecule has 2 aromatic carbocycles. The maximum atomic E-state index is 6.18. The van der Waals surface area contributed by atoms with Crippen LogP contribution in [0.3, 0.4) is 0 Å². The van der Waals surface area contributed by atoms with Crippen molar-refractivity contribution in [3.63, 3.8) is 0 Å². The highest BCUT2D eigenvalue weighted by Crippen LogP contribution is 2.21. The highest BCUT2D eigenvalue weighted by Gasteiger charge is 2.08. The molecular formula is C18H23NO2. The van der Waals surface area contributed by atoms with Crippen LogP contribution in [-0.2, 0) is 0 Å². The Balaban J connectivity index is 1.96. The lowest BCUT2D eigenvalue weighted by molar-refractivity contribution is 0.289. The SMILES string of the molecule is COc1cccc(OCC(N)c2ccc(C(C)C)cc2)c1. The molecule has 0 fully saturated rings. The predicted octanol–water partition coefficient (Wildman–Crippen LogP) is 3.90. The third-order valence-electron chi connectivity index (χ3n) is 3.50. The molecule has 0 bridgehead atoms. The summed E-state index contributed by atoms with van der Waals surface area (Å²) >= 11 is 0. The zero-order valence-electron chi connectivity index (χ0n) is 12.9. The van der Waals surface area contributed by atoms with E-state index in [1.807, 2.05) is 24.3 Å². The minimum absolute atomic E-state index is 0.141. The highest BCUT2D eigenvalue weighted by molar-refractivity contribution is 5.33. The van der Waals surface area contributed by atoms with Crippen LogP contribution in [0.15, 0.2) is 48.5 Å². The Morgan fingerprint density at radius 2 is 1.57 bits per heavy atom. The maximum Gasteiger partial charge on any atom is 0.123 e. The van der Waals surface area contributed by atoms with E-state index in [1.165, 1.54) is 5.56 Å². The van der Waals surface area contributed by atoms with Crippen LogP contribution in [0.25, 0.3) is 0 Å². The second-order valence-electron chi connectivity index (χ2n) is 5.42. The van der Waals surface area contributed by atoms with Gasteiger partial charge in [0.1, 0.15) is 18.1 Å². The average Bonchev–Trinajstić information content (AvgIpc) is 2.53. The van der Waals surface area contributed by atoms with Gasteiger partial charge in [0.2, 0.25) is 0 Å². The molecule has 1 unspecified atom stereocenters. The summed E-state index contributed by atoms with van der Waals surface area (Å²) in [5.74, 6) is 2.08. The number of hydrogen-bond acceptors (Lipinski definition) is 3. The topological polar surface area (TPSA) is 44.5 Å². The monoisotopic (exact) mass is 285 g/mol. The van der Waals surface area contributed by atoms with Gasteiger partial charge in [-0.2, -0.15) is 0 Å². The second kappa shape index (κ2) is 7.14. The van der Waals surface area contributed by atoms with Gasteiger partial charge >= 0.3 is 0 Å². The van der Waals surface area contributed by atoms with E-state index in [1.54, 1.807) is 7.11 Å². The van der Waals surface area contributed by atoms with Crippen molar-refractivity contribution in [1.82, 2.24) is 0 Å². The van der Waals surface area contributed by atoms with E-state index in [4.69, 9.17) is 15.2 Å². The molecule has 0 aliphatic rings. The van der Waals surface area contributed by atoms with E-state index in [0.29, 0.717) is 12.5 Å². The minimum Gasteiger partial charge on any atom is -0.497 e. The molecule has 3 heteroatoms. The summed E-state index contributed by atoms with van der Waals surface area (Å²) in [6, 6.07) is 15.8. The Morgan fingerprint density at radius 3 is 2.19 bits per heavy atom. The normalized spacial score (nSPS) is 12.2. The van der Waals surface area contributed by atoms with E-state index >= 15 is 0 Å². The van der Waals surface area contributed by atoms with Gasteiger partial charge in [-0.05, 0) is 29.2 Å². The molecule has 21 heavy (non-hydrogen) atoms. The van der Waals surface area contributed by atoms with Crippen LogP contribution in [0.5, 0.6) is 11.5 Å². The van der Waals surface area contributed by atoms with Crippen LogP contribution >= 0.6 is 0 Å². The molecule has 2 rings (SSSR count). The first-order valence-electron chi connectivity index (χ1n) is 7.22. The quantitative estimate of drug-likeness (QED) is 0.875. The van der Waals surface area contributed by atoms with Crippen molar-refractivity contribution in [1.29, 1.82) is 0 Å². The van der Waals surface area contributed by atoms with Crippen molar-refractivity contribution in [3.05, 3.63) is 59.7 Å².